The van der Waals surface area contributed by atoms with E-state index >= 15 is 0 Å². The molecule has 18 heavy (non-hydrogen) atoms. The molecule has 2 aromatic rings. The van der Waals surface area contributed by atoms with Gasteiger partial charge in [0.1, 0.15) is 17.8 Å². The molecule has 0 aliphatic rings. The largest absolute Gasteiger partial charge is 0.378 e. The fourth-order valence-corrected chi connectivity index (χ4v) is 1.73. The zero-order valence-corrected chi connectivity index (χ0v) is 10.0. The summed E-state index contributed by atoms with van der Waals surface area (Å²) in [5.41, 5.74) is 0.281. The third-order valence-electron chi connectivity index (χ3n) is 2.32. The summed E-state index contributed by atoms with van der Waals surface area (Å²) in [4.78, 5) is 14.3. The van der Waals surface area contributed by atoms with Crippen molar-refractivity contribution in [3.63, 3.8) is 0 Å². The molecule has 0 bridgehead atoms. The minimum absolute atomic E-state index is 0.0416. The van der Waals surface area contributed by atoms with Crippen LogP contribution < -0.4 is 5.32 Å². The Morgan fingerprint density at radius 1 is 1.50 bits per heavy atom. The molecule has 0 atom stereocenters. The molecule has 0 fully saturated rings. The standard InChI is InChI=1S/C10H10ClN5O2/c11-7-2-1-3-8(16(17)18)10(7)12-5-4-9-13-6-14-15-9/h1-3,6,12H,4-5H2,(H,13,14,15). The molecule has 0 saturated carbocycles. The molecule has 0 unspecified atom stereocenters. The highest BCUT2D eigenvalue weighted by molar-refractivity contribution is 6.33. The van der Waals surface area contributed by atoms with Crippen LogP contribution in [-0.4, -0.2) is 26.6 Å². The molecular weight excluding hydrogens is 258 g/mol. The summed E-state index contributed by atoms with van der Waals surface area (Å²) >= 11 is 5.93. The van der Waals surface area contributed by atoms with E-state index in [4.69, 9.17) is 11.6 Å². The fraction of sp³-hybridized carbons (Fsp3) is 0.200. The number of nitro groups is 1. The average Bonchev–Trinajstić information content (AvgIpc) is 2.84. The lowest BCUT2D eigenvalue weighted by atomic mass is 10.2. The van der Waals surface area contributed by atoms with E-state index < -0.39 is 4.92 Å². The maximum Gasteiger partial charge on any atom is 0.293 e. The highest BCUT2D eigenvalue weighted by Crippen LogP contribution is 2.31. The summed E-state index contributed by atoms with van der Waals surface area (Å²) in [6, 6.07) is 4.55. The first-order chi connectivity index (χ1) is 8.68. The number of benzene rings is 1. The number of H-pyrrole nitrogens is 1. The second-order valence-corrected chi connectivity index (χ2v) is 3.91. The van der Waals surface area contributed by atoms with Crippen LogP contribution in [0.5, 0.6) is 0 Å². The number of nitro benzene ring substituents is 1. The van der Waals surface area contributed by atoms with Gasteiger partial charge in [-0.1, -0.05) is 17.7 Å². The topological polar surface area (TPSA) is 96.7 Å². The van der Waals surface area contributed by atoms with Gasteiger partial charge in [-0.15, -0.1) is 0 Å². The Hall–Kier alpha value is -2.15. The lowest BCUT2D eigenvalue weighted by molar-refractivity contribution is -0.383. The Balaban J connectivity index is 2.06. The molecule has 7 nitrogen and oxygen atoms in total. The fourth-order valence-electron chi connectivity index (χ4n) is 1.50. The van der Waals surface area contributed by atoms with E-state index in [1.807, 2.05) is 0 Å². The van der Waals surface area contributed by atoms with Crippen LogP contribution in [0.2, 0.25) is 5.02 Å². The van der Waals surface area contributed by atoms with Crippen LogP contribution in [0.4, 0.5) is 11.4 Å². The smallest absolute Gasteiger partial charge is 0.293 e. The molecule has 1 aromatic heterocycles. The van der Waals surface area contributed by atoms with Crippen LogP contribution in [0.15, 0.2) is 24.5 Å². The molecule has 0 spiro atoms. The summed E-state index contributed by atoms with van der Waals surface area (Å²) in [7, 11) is 0. The lowest BCUT2D eigenvalue weighted by Crippen LogP contribution is -2.08. The minimum atomic E-state index is -0.470. The van der Waals surface area contributed by atoms with Crippen LogP contribution in [0.25, 0.3) is 0 Å². The van der Waals surface area contributed by atoms with Crippen molar-refractivity contribution in [2.75, 3.05) is 11.9 Å². The minimum Gasteiger partial charge on any atom is -0.378 e. The third kappa shape index (κ3) is 2.75. The number of nitrogens with zero attached hydrogens (tertiary/aromatic N) is 3. The van der Waals surface area contributed by atoms with E-state index in [0.29, 0.717) is 29.5 Å². The maximum absolute atomic E-state index is 10.8. The van der Waals surface area contributed by atoms with Gasteiger partial charge in [-0.05, 0) is 6.07 Å². The predicted molar refractivity (Wildman–Crippen MR) is 66.7 cm³/mol. The Labute approximate surface area is 107 Å². The Bertz CT molecular complexity index is 543. The van der Waals surface area contributed by atoms with E-state index in [-0.39, 0.29) is 5.69 Å². The number of rotatable bonds is 5. The van der Waals surface area contributed by atoms with Crippen LogP contribution in [-0.2, 0) is 6.42 Å². The van der Waals surface area contributed by atoms with Gasteiger partial charge >= 0.3 is 0 Å². The van der Waals surface area contributed by atoms with Gasteiger partial charge in [0, 0.05) is 19.0 Å². The third-order valence-corrected chi connectivity index (χ3v) is 2.63. The molecule has 0 aliphatic heterocycles. The number of hydrogen-bond acceptors (Lipinski definition) is 5. The Morgan fingerprint density at radius 2 is 2.33 bits per heavy atom. The second kappa shape index (κ2) is 5.46. The van der Waals surface area contributed by atoms with E-state index in [0.717, 1.165) is 0 Å². The Morgan fingerprint density at radius 3 is 3.00 bits per heavy atom. The summed E-state index contributed by atoms with van der Waals surface area (Å²) < 4.78 is 0. The van der Waals surface area contributed by atoms with E-state index in [1.165, 1.54) is 12.4 Å². The highest BCUT2D eigenvalue weighted by Gasteiger charge is 2.15. The summed E-state index contributed by atoms with van der Waals surface area (Å²) in [6.07, 6.45) is 1.98. The molecule has 2 rings (SSSR count). The molecule has 2 N–H and O–H groups in total. The highest BCUT2D eigenvalue weighted by atomic mass is 35.5. The quantitative estimate of drug-likeness (QED) is 0.638. The molecule has 0 amide bonds. The van der Waals surface area contributed by atoms with Gasteiger partial charge in [0.05, 0.1) is 9.95 Å². The maximum atomic E-state index is 10.8. The van der Waals surface area contributed by atoms with Crippen molar-refractivity contribution in [1.29, 1.82) is 0 Å². The monoisotopic (exact) mass is 267 g/mol. The van der Waals surface area contributed by atoms with Gasteiger partial charge in [0.25, 0.3) is 5.69 Å². The van der Waals surface area contributed by atoms with Crippen molar-refractivity contribution in [1.82, 2.24) is 15.2 Å². The first-order valence-corrected chi connectivity index (χ1v) is 5.57. The zero-order chi connectivity index (χ0) is 13.0. The van der Waals surface area contributed by atoms with Gasteiger partial charge in [-0.3, -0.25) is 15.2 Å². The molecule has 1 aromatic carbocycles. The van der Waals surface area contributed by atoms with Crippen LogP contribution in [0.3, 0.4) is 0 Å². The summed E-state index contributed by atoms with van der Waals surface area (Å²) in [5, 5.41) is 20.5. The SMILES string of the molecule is O=[N+]([O-])c1cccc(Cl)c1NCCc1ncn[nH]1. The van der Waals surface area contributed by atoms with Crippen molar-refractivity contribution in [3.8, 4) is 0 Å². The lowest BCUT2D eigenvalue weighted by Gasteiger charge is -2.07. The average molecular weight is 268 g/mol. The van der Waals surface area contributed by atoms with Crippen molar-refractivity contribution < 1.29 is 4.92 Å². The number of anilines is 1. The summed E-state index contributed by atoms with van der Waals surface area (Å²) in [6.45, 7) is 0.472. The first-order valence-electron chi connectivity index (χ1n) is 5.19. The van der Waals surface area contributed by atoms with Gasteiger partial charge < -0.3 is 5.32 Å². The van der Waals surface area contributed by atoms with Crippen LogP contribution in [0, 0.1) is 10.1 Å². The van der Waals surface area contributed by atoms with Gasteiger partial charge in [0.15, 0.2) is 0 Å². The number of hydrogen-bond donors (Lipinski definition) is 2. The molecule has 0 saturated heterocycles. The molecule has 94 valence electrons. The number of halogens is 1. The number of aromatic amines is 1. The van der Waals surface area contributed by atoms with Crippen molar-refractivity contribution >= 4 is 23.0 Å². The van der Waals surface area contributed by atoms with Gasteiger partial charge in [-0.2, -0.15) is 5.10 Å². The first kappa shape index (κ1) is 12.3. The molecule has 0 aliphatic carbocycles. The normalized spacial score (nSPS) is 10.3. The van der Waals surface area contributed by atoms with E-state index in [2.05, 4.69) is 20.5 Å². The molecular formula is C10H10ClN5O2. The van der Waals surface area contributed by atoms with Crippen LogP contribution >= 0.6 is 11.6 Å². The van der Waals surface area contributed by atoms with Gasteiger partial charge in [0.2, 0.25) is 0 Å². The predicted octanol–water partition coefficient (Wildman–Crippen LogP) is 2.02. The zero-order valence-electron chi connectivity index (χ0n) is 9.26. The van der Waals surface area contributed by atoms with E-state index in [1.54, 1.807) is 12.1 Å². The van der Waals surface area contributed by atoms with Gasteiger partial charge in [-0.25, -0.2) is 4.98 Å². The van der Waals surface area contributed by atoms with E-state index in [9.17, 15) is 10.1 Å². The number of para-hydroxylation sites is 1. The van der Waals surface area contributed by atoms with Crippen LogP contribution in [0.1, 0.15) is 5.82 Å². The molecule has 1 heterocycles. The second-order valence-electron chi connectivity index (χ2n) is 3.50. The van der Waals surface area contributed by atoms with Crippen molar-refractivity contribution in [2.24, 2.45) is 0 Å². The number of aromatic nitrogens is 3. The van der Waals surface area contributed by atoms with Crippen molar-refractivity contribution in [2.45, 2.75) is 6.42 Å². The Kier molecular flexibility index (Phi) is 3.73. The summed E-state index contributed by atoms with van der Waals surface area (Å²) in [5.74, 6) is 0.706. The van der Waals surface area contributed by atoms with Crippen molar-refractivity contribution in [3.05, 3.63) is 45.5 Å². The number of nitrogens with one attached hydrogen (secondary N) is 2. The molecule has 8 heteroatoms. The molecule has 0 radical (unpaired) electrons.